The molecule has 1 aliphatic carbocycles. The van der Waals surface area contributed by atoms with Crippen molar-refractivity contribution in [1.82, 2.24) is 9.38 Å². The molecule has 1 aliphatic rings. The van der Waals surface area contributed by atoms with Crippen LogP contribution in [-0.4, -0.2) is 9.38 Å². The molecule has 11 aromatic carbocycles. The summed E-state index contributed by atoms with van der Waals surface area (Å²) < 4.78 is 4.90. The van der Waals surface area contributed by atoms with E-state index in [1.807, 2.05) is 11.3 Å². The summed E-state index contributed by atoms with van der Waals surface area (Å²) in [5.74, 6) is 0. The van der Waals surface area contributed by atoms with Crippen LogP contribution >= 0.6 is 11.3 Å². The lowest BCUT2D eigenvalue weighted by molar-refractivity contribution is 0.768. The van der Waals surface area contributed by atoms with Crippen LogP contribution in [0.5, 0.6) is 0 Å². The van der Waals surface area contributed by atoms with Gasteiger partial charge < -0.3 is 0 Å². The predicted octanol–water partition coefficient (Wildman–Crippen LogP) is 17.7. The van der Waals surface area contributed by atoms with Crippen molar-refractivity contribution in [2.75, 3.05) is 0 Å². The molecule has 0 atom stereocenters. The molecule has 0 aliphatic heterocycles. The number of benzene rings is 11. The number of nitrogens with zero attached hydrogens (tertiary/aromatic N) is 2. The quantitative estimate of drug-likeness (QED) is 0.157. The summed E-state index contributed by atoms with van der Waals surface area (Å²) in [5, 5.41) is 9.88. The number of aromatic nitrogens is 2. The molecule has 3 heteroatoms. The maximum atomic E-state index is 5.57. The molecular formula is C66H40N2S. The van der Waals surface area contributed by atoms with Gasteiger partial charge in [0.25, 0.3) is 0 Å². The lowest BCUT2D eigenvalue weighted by atomic mass is 9.67. The zero-order chi connectivity index (χ0) is 45.2. The predicted molar refractivity (Wildman–Crippen MR) is 292 cm³/mol. The van der Waals surface area contributed by atoms with Crippen molar-refractivity contribution in [3.05, 3.63) is 265 Å². The van der Waals surface area contributed by atoms with Crippen LogP contribution in [0, 0.1) is 0 Å². The second-order valence-electron chi connectivity index (χ2n) is 18.6. The summed E-state index contributed by atoms with van der Waals surface area (Å²) in [6.07, 6.45) is 0. The van der Waals surface area contributed by atoms with Crippen LogP contribution in [0.4, 0.5) is 0 Å². The fourth-order valence-corrected chi connectivity index (χ4v) is 13.0. The zero-order valence-corrected chi connectivity index (χ0v) is 38.2. The normalized spacial score (nSPS) is 13.0. The Morgan fingerprint density at radius 2 is 0.899 bits per heavy atom. The van der Waals surface area contributed by atoms with Crippen LogP contribution in [0.3, 0.4) is 0 Å². The Kier molecular flexibility index (Phi) is 8.19. The van der Waals surface area contributed by atoms with E-state index in [2.05, 4.69) is 247 Å². The smallest absolute Gasteiger partial charge is 0.156 e. The first-order chi connectivity index (χ1) is 34.2. The average Bonchev–Trinajstić information content (AvgIpc) is 4.08. The third-order valence-corrected chi connectivity index (χ3v) is 16.2. The van der Waals surface area contributed by atoms with E-state index in [-0.39, 0.29) is 0 Å². The van der Waals surface area contributed by atoms with Crippen LogP contribution in [-0.2, 0) is 5.41 Å². The first kappa shape index (κ1) is 38.5. The average molecular weight is 893 g/mol. The number of imidazole rings is 1. The van der Waals surface area contributed by atoms with Gasteiger partial charge >= 0.3 is 0 Å². The minimum atomic E-state index is -0.401. The van der Waals surface area contributed by atoms with Crippen molar-refractivity contribution in [3.8, 4) is 44.6 Å². The topological polar surface area (TPSA) is 17.3 Å². The highest BCUT2D eigenvalue weighted by Gasteiger charge is 2.46. The molecule has 0 unspecified atom stereocenters. The minimum Gasteiger partial charge on any atom is -0.291 e. The Balaban J connectivity index is 0.837. The highest BCUT2D eigenvalue weighted by molar-refractivity contribution is 7.26. The maximum absolute atomic E-state index is 5.57. The summed E-state index contributed by atoms with van der Waals surface area (Å²) in [6, 6.07) is 89.9. The van der Waals surface area contributed by atoms with Gasteiger partial charge in [-0.05, 0) is 131 Å². The van der Waals surface area contributed by atoms with Crippen LogP contribution in [0.1, 0.15) is 22.3 Å². The Labute approximate surface area is 402 Å². The van der Waals surface area contributed by atoms with E-state index < -0.39 is 5.41 Å². The van der Waals surface area contributed by atoms with E-state index in [1.54, 1.807) is 0 Å². The molecule has 69 heavy (non-hydrogen) atoms. The van der Waals surface area contributed by atoms with E-state index in [0.29, 0.717) is 0 Å². The van der Waals surface area contributed by atoms with E-state index in [9.17, 15) is 0 Å². The molecule has 3 heterocycles. The lowest BCUT2D eigenvalue weighted by Crippen LogP contribution is -2.28. The highest BCUT2D eigenvalue weighted by Crippen LogP contribution is 2.56. The summed E-state index contributed by atoms with van der Waals surface area (Å²) in [7, 11) is 0. The number of pyridine rings is 1. The van der Waals surface area contributed by atoms with Gasteiger partial charge in [-0.25, -0.2) is 4.98 Å². The molecule has 0 saturated heterocycles. The van der Waals surface area contributed by atoms with Gasteiger partial charge in [0.05, 0.1) is 26.8 Å². The van der Waals surface area contributed by atoms with Crippen molar-refractivity contribution in [3.63, 3.8) is 0 Å². The van der Waals surface area contributed by atoms with Crippen molar-refractivity contribution in [2.24, 2.45) is 0 Å². The molecule has 0 spiro atoms. The van der Waals surface area contributed by atoms with Gasteiger partial charge in [-0.15, -0.1) is 11.3 Å². The highest BCUT2D eigenvalue weighted by atomic mass is 32.1. The molecule has 2 nitrogen and oxygen atoms in total. The molecule has 320 valence electrons. The summed E-state index contributed by atoms with van der Waals surface area (Å²) >= 11 is 1.85. The summed E-state index contributed by atoms with van der Waals surface area (Å²) in [4.78, 5) is 5.57. The van der Waals surface area contributed by atoms with Crippen molar-refractivity contribution < 1.29 is 0 Å². The van der Waals surface area contributed by atoms with Crippen molar-refractivity contribution in [1.29, 1.82) is 0 Å². The Bertz CT molecular complexity index is 4350. The molecule has 0 N–H and O–H groups in total. The Hall–Kier alpha value is -8.63. The van der Waals surface area contributed by atoms with Gasteiger partial charge in [-0.3, -0.25) is 4.40 Å². The SMILES string of the molecule is c1ccc(C2(c3ccccc3)c3ccccc3-c3cc(-c4ccc(-c5ccc(-c6cc7c8cc9ccccc9cc8sc7c7nc8c9cc%10ccccc%10cc9ccc8n67)cc5)cc4)ccc32)cc1. The third kappa shape index (κ3) is 5.63. The number of thiophene rings is 1. The minimum absolute atomic E-state index is 0.401. The van der Waals surface area contributed by atoms with Gasteiger partial charge in [-0.2, -0.15) is 0 Å². The molecule has 0 bridgehead atoms. The van der Waals surface area contributed by atoms with E-state index in [0.717, 1.165) is 27.9 Å². The first-order valence-corrected chi connectivity index (χ1v) is 24.6. The number of rotatable bonds is 5. The van der Waals surface area contributed by atoms with E-state index in [1.165, 1.54) is 108 Å². The Morgan fingerprint density at radius 3 is 1.58 bits per heavy atom. The van der Waals surface area contributed by atoms with Crippen LogP contribution in [0.2, 0.25) is 0 Å². The largest absolute Gasteiger partial charge is 0.291 e. The fraction of sp³-hybridized carbons (Fsp3) is 0.0152. The second-order valence-corrected chi connectivity index (χ2v) is 19.7. The Morgan fingerprint density at radius 1 is 0.362 bits per heavy atom. The summed E-state index contributed by atoms with van der Waals surface area (Å²) in [5.41, 5.74) is 17.6. The molecule has 3 aromatic heterocycles. The van der Waals surface area contributed by atoms with Crippen LogP contribution in [0.15, 0.2) is 243 Å². The summed E-state index contributed by atoms with van der Waals surface area (Å²) in [6.45, 7) is 0. The number of fused-ring (bicyclic) bond motifs is 14. The third-order valence-electron chi connectivity index (χ3n) is 15.0. The van der Waals surface area contributed by atoms with Gasteiger partial charge in [0.1, 0.15) is 0 Å². The number of hydrogen-bond donors (Lipinski definition) is 0. The monoisotopic (exact) mass is 892 g/mol. The van der Waals surface area contributed by atoms with Crippen molar-refractivity contribution >= 4 is 80.5 Å². The van der Waals surface area contributed by atoms with E-state index >= 15 is 0 Å². The van der Waals surface area contributed by atoms with Gasteiger partial charge in [0.15, 0.2) is 5.65 Å². The zero-order valence-electron chi connectivity index (χ0n) is 37.4. The molecular weight excluding hydrogens is 853 g/mol. The molecule has 15 rings (SSSR count). The maximum Gasteiger partial charge on any atom is 0.156 e. The van der Waals surface area contributed by atoms with Crippen LogP contribution < -0.4 is 0 Å². The van der Waals surface area contributed by atoms with Gasteiger partial charge in [0.2, 0.25) is 0 Å². The molecule has 14 aromatic rings. The molecule has 0 radical (unpaired) electrons. The fourth-order valence-electron chi connectivity index (χ4n) is 11.8. The van der Waals surface area contributed by atoms with Crippen LogP contribution in [0.25, 0.3) is 114 Å². The second kappa shape index (κ2) is 14.7. The molecule has 0 fully saturated rings. The van der Waals surface area contributed by atoms with E-state index in [4.69, 9.17) is 4.98 Å². The number of hydrogen-bond acceptors (Lipinski definition) is 2. The first-order valence-electron chi connectivity index (χ1n) is 23.8. The van der Waals surface area contributed by atoms with Gasteiger partial charge in [-0.1, -0.05) is 200 Å². The standard InChI is InChI=1S/C66H40N2S/c1-3-17-51(18-4-1)66(52-19-5-2-6-20-52)58-22-12-11-21-53(58)55-37-49(31-33-59(55)66)43-25-23-41(24-26-43)42-27-29-44(30-28-42)61-40-57-56-38-47-15-9-10-16-48(47)39-62(56)69-64(57)65-67-63-54-36-46-14-8-7-13-45(46)35-50(54)32-34-60(63)68(61)65/h1-40H. The molecule has 0 amide bonds. The van der Waals surface area contributed by atoms with Gasteiger partial charge in [0, 0.05) is 20.9 Å². The van der Waals surface area contributed by atoms with Crippen molar-refractivity contribution in [2.45, 2.75) is 5.41 Å². The lowest BCUT2D eigenvalue weighted by Gasteiger charge is -2.33. The molecule has 0 saturated carbocycles.